The molecule has 0 unspecified atom stereocenters. The second kappa shape index (κ2) is 6.32. The van der Waals surface area contributed by atoms with Crippen LogP contribution in [0.1, 0.15) is 44.1 Å². The number of H-pyrrole nitrogens is 1. The average molecular weight is 330 g/mol. The number of aromatic amines is 1. The Bertz CT molecular complexity index is 755. The van der Waals surface area contributed by atoms with E-state index in [0.717, 1.165) is 5.39 Å². The smallest absolute Gasteiger partial charge is 0.330 e. The summed E-state index contributed by atoms with van der Waals surface area (Å²) >= 11 is 0. The number of rotatable bonds is 3. The molecule has 1 aliphatic heterocycles. The minimum atomic E-state index is -0.534. The summed E-state index contributed by atoms with van der Waals surface area (Å²) in [6.45, 7) is 6.58. The van der Waals surface area contributed by atoms with Gasteiger partial charge in [-0.25, -0.2) is 14.8 Å². The van der Waals surface area contributed by atoms with E-state index >= 15 is 0 Å². The van der Waals surface area contributed by atoms with Crippen molar-refractivity contribution in [3.63, 3.8) is 0 Å². The summed E-state index contributed by atoms with van der Waals surface area (Å²) in [5.74, 6) is -0.330. The second-order valence-corrected chi connectivity index (χ2v) is 7.16. The van der Waals surface area contributed by atoms with Gasteiger partial charge in [-0.05, 0) is 39.7 Å². The first kappa shape index (κ1) is 16.6. The molecule has 3 heterocycles. The molecule has 0 saturated carbocycles. The molecule has 2 aromatic heterocycles. The summed E-state index contributed by atoms with van der Waals surface area (Å²) in [6, 6.07) is 1.82. The molecule has 24 heavy (non-hydrogen) atoms. The molecule has 7 heteroatoms. The minimum Gasteiger partial charge on any atom is -0.367 e. The lowest BCUT2D eigenvalue weighted by Crippen LogP contribution is -2.40. The maximum Gasteiger partial charge on any atom is 0.330 e. The third-order valence-corrected chi connectivity index (χ3v) is 4.24. The van der Waals surface area contributed by atoms with E-state index in [1.165, 1.54) is 6.33 Å². The summed E-state index contributed by atoms with van der Waals surface area (Å²) in [5, 5.41) is 2.41. The Morgan fingerprint density at radius 1 is 1.25 bits per heavy atom. The largest absolute Gasteiger partial charge is 0.367 e. The summed E-state index contributed by atoms with van der Waals surface area (Å²) in [5.41, 5.74) is 0.601. The van der Waals surface area contributed by atoms with Crippen LogP contribution in [0, 0.1) is 11.3 Å². The van der Waals surface area contributed by atoms with Crippen molar-refractivity contribution in [2.45, 2.75) is 33.6 Å². The normalized spacial score (nSPS) is 17.1. The number of Topliss-reactive ketones (excluding diaryl/α,β-unsaturated/α-hetero) is 1. The number of carbonyl (C=O) groups excluding carboxylic acids is 2. The fraction of sp³-hybridized carbons (Fsp3) is 0.529. The lowest BCUT2D eigenvalue weighted by molar-refractivity contribution is -0.205. The average Bonchev–Trinajstić information content (AvgIpc) is 3.02. The number of nitrogens with one attached hydrogen (secondary N) is 1. The van der Waals surface area contributed by atoms with Gasteiger partial charge in [0.15, 0.2) is 5.78 Å². The van der Waals surface area contributed by atoms with Crippen LogP contribution < -0.4 is 0 Å². The number of carbonyl (C=O) groups is 2. The molecule has 0 aromatic carbocycles. The van der Waals surface area contributed by atoms with Crippen molar-refractivity contribution in [2.24, 2.45) is 11.3 Å². The van der Waals surface area contributed by atoms with Crippen LogP contribution in [0.2, 0.25) is 0 Å². The first-order chi connectivity index (χ1) is 11.4. The maximum absolute atomic E-state index is 12.8. The van der Waals surface area contributed by atoms with Crippen LogP contribution in [-0.4, -0.2) is 44.9 Å². The number of ketones is 1. The maximum atomic E-state index is 12.8. The molecule has 3 rings (SSSR count). The molecule has 1 saturated heterocycles. The van der Waals surface area contributed by atoms with Crippen molar-refractivity contribution >= 4 is 22.8 Å². The molecule has 7 nitrogen and oxygen atoms in total. The van der Waals surface area contributed by atoms with Crippen LogP contribution in [0.15, 0.2) is 18.6 Å². The van der Waals surface area contributed by atoms with Crippen LogP contribution in [0.25, 0.3) is 11.0 Å². The van der Waals surface area contributed by atoms with E-state index in [1.807, 2.05) is 26.8 Å². The molecule has 2 aromatic rings. The van der Waals surface area contributed by atoms with Gasteiger partial charge >= 0.3 is 5.97 Å². The highest BCUT2D eigenvalue weighted by Gasteiger charge is 2.31. The Labute approximate surface area is 140 Å². The Kier molecular flexibility index (Phi) is 4.36. The van der Waals surface area contributed by atoms with Gasteiger partial charge < -0.3 is 9.82 Å². The van der Waals surface area contributed by atoms with Crippen molar-refractivity contribution in [1.29, 1.82) is 0 Å². The predicted molar refractivity (Wildman–Crippen MR) is 88.1 cm³/mol. The molecule has 0 bridgehead atoms. The zero-order valence-electron chi connectivity index (χ0n) is 14.2. The van der Waals surface area contributed by atoms with Gasteiger partial charge in [0.25, 0.3) is 0 Å². The number of hydroxylamine groups is 2. The molecule has 1 aliphatic rings. The van der Waals surface area contributed by atoms with E-state index in [-0.39, 0.29) is 17.7 Å². The van der Waals surface area contributed by atoms with Gasteiger partial charge in [0.05, 0.1) is 5.41 Å². The Balaban J connectivity index is 1.64. The summed E-state index contributed by atoms with van der Waals surface area (Å²) in [6.07, 6.45) is 4.45. The highest BCUT2D eigenvalue weighted by atomic mass is 16.7. The quantitative estimate of drug-likeness (QED) is 0.869. The highest BCUT2D eigenvalue weighted by molar-refractivity contribution is 6.06. The van der Waals surface area contributed by atoms with Gasteiger partial charge in [0.1, 0.15) is 17.7 Å². The predicted octanol–water partition coefficient (Wildman–Crippen LogP) is 2.36. The zero-order valence-corrected chi connectivity index (χ0v) is 14.2. The van der Waals surface area contributed by atoms with E-state index in [9.17, 15) is 9.59 Å². The van der Waals surface area contributed by atoms with Crippen LogP contribution in [-0.2, 0) is 9.63 Å². The number of hydrogen-bond acceptors (Lipinski definition) is 6. The lowest BCUT2D eigenvalue weighted by Gasteiger charge is -2.31. The first-order valence-electron chi connectivity index (χ1n) is 8.16. The minimum absolute atomic E-state index is 0.0313. The van der Waals surface area contributed by atoms with Crippen molar-refractivity contribution in [2.75, 3.05) is 13.1 Å². The molecule has 0 amide bonds. The molecule has 1 N–H and O–H groups in total. The molecular formula is C17H22N4O3. The topological polar surface area (TPSA) is 88.2 Å². The van der Waals surface area contributed by atoms with Crippen LogP contribution in [0.3, 0.4) is 0 Å². The highest BCUT2D eigenvalue weighted by Crippen LogP contribution is 2.25. The number of aromatic nitrogens is 3. The van der Waals surface area contributed by atoms with Crippen molar-refractivity contribution in [1.82, 2.24) is 20.0 Å². The SMILES string of the molecule is CC(C)(C)C(=O)ON1CCC(C(=O)c2ncnc3[nH]ccc23)CC1. The molecule has 0 radical (unpaired) electrons. The fourth-order valence-corrected chi connectivity index (χ4v) is 2.73. The molecular weight excluding hydrogens is 308 g/mol. The van der Waals surface area contributed by atoms with Crippen molar-refractivity contribution in [3.8, 4) is 0 Å². The fourth-order valence-electron chi connectivity index (χ4n) is 2.73. The summed E-state index contributed by atoms with van der Waals surface area (Å²) in [7, 11) is 0. The summed E-state index contributed by atoms with van der Waals surface area (Å²) < 4.78 is 0. The molecule has 0 atom stereocenters. The van der Waals surface area contributed by atoms with Crippen molar-refractivity contribution < 1.29 is 14.4 Å². The number of nitrogens with zero attached hydrogens (tertiary/aromatic N) is 3. The third kappa shape index (κ3) is 3.31. The number of piperidine rings is 1. The van der Waals surface area contributed by atoms with E-state index in [2.05, 4.69) is 15.0 Å². The Morgan fingerprint density at radius 2 is 1.96 bits per heavy atom. The van der Waals surface area contributed by atoms with E-state index in [1.54, 1.807) is 11.3 Å². The summed E-state index contributed by atoms with van der Waals surface area (Å²) in [4.78, 5) is 41.4. The zero-order chi connectivity index (χ0) is 17.3. The van der Waals surface area contributed by atoms with Crippen molar-refractivity contribution in [3.05, 3.63) is 24.3 Å². The second-order valence-electron chi connectivity index (χ2n) is 7.16. The number of fused-ring (bicyclic) bond motifs is 1. The Hall–Kier alpha value is -2.28. The molecule has 0 spiro atoms. The lowest BCUT2D eigenvalue weighted by atomic mass is 9.91. The van der Waals surface area contributed by atoms with Crippen LogP contribution >= 0.6 is 0 Å². The van der Waals surface area contributed by atoms with E-state index in [0.29, 0.717) is 37.3 Å². The van der Waals surface area contributed by atoms with E-state index in [4.69, 9.17) is 4.84 Å². The van der Waals surface area contributed by atoms with Gasteiger partial charge in [0, 0.05) is 30.6 Å². The van der Waals surface area contributed by atoms with Gasteiger partial charge in [-0.3, -0.25) is 4.79 Å². The first-order valence-corrected chi connectivity index (χ1v) is 8.16. The molecule has 128 valence electrons. The monoisotopic (exact) mass is 330 g/mol. The Morgan fingerprint density at radius 3 is 2.62 bits per heavy atom. The van der Waals surface area contributed by atoms with Gasteiger partial charge in [-0.2, -0.15) is 0 Å². The van der Waals surface area contributed by atoms with Gasteiger partial charge in [0.2, 0.25) is 0 Å². The standard InChI is InChI=1S/C17H22N4O3/c1-17(2,3)16(23)24-21-8-5-11(6-9-21)14(22)13-12-4-7-18-15(12)20-10-19-13/h4,7,10-11H,5-6,8-9H2,1-3H3,(H,18,19,20). The van der Waals surface area contributed by atoms with Gasteiger partial charge in [-0.15, -0.1) is 5.06 Å². The van der Waals surface area contributed by atoms with Crippen LogP contribution in [0.4, 0.5) is 0 Å². The van der Waals surface area contributed by atoms with Crippen LogP contribution in [0.5, 0.6) is 0 Å². The number of hydrogen-bond donors (Lipinski definition) is 1. The molecule has 0 aliphatic carbocycles. The van der Waals surface area contributed by atoms with E-state index < -0.39 is 5.41 Å². The van der Waals surface area contributed by atoms with Gasteiger partial charge in [-0.1, -0.05) is 0 Å². The molecule has 1 fully saturated rings. The third-order valence-electron chi connectivity index (χ3n) is 4.24.